The van der Waals surface area contributed by atoms with Crippen LogP contribution in [-0.2, 0) is 4.79 Å². The van der Waals surface area contributed by atoms with Crippen molar-refractivity contribution in [2.45, 2.75) is 25.7 Å². The van der Waals surface area contributed by atoms with E-state index >= 15 is 0 Å². The molecule has 0 aliphatic heterocycles. The summed E-state index contributed by atoms with van der Waals surface area (Å²) in [5, 5.41) is 15.8. The molecule has 1 saturated carbocycles. The summed E-state index contributed by atoms with van der Waals surface area (Å²) in [6, 6.07) is 0. The number of halogens is 1. The van der Waals surface area contributed by atoms with Gasteiger partial charge in [0.2, 0.25) is 0 Å². The van der Waals surface area contributed by atoms with E-state index < -0.39 is 11.9 Å². The van der Waals surface area contributed by atoms with Gasteiger partial charge in [-0.05, 0) is 28.8 Å². The average Bonchev–Trinajstić information content (AvgIpc) is 3.12. The first-order valence-corrected chi connectivity index (χ1v) is 6.93. The number of aliphatic carboxylic acids is 1. The molecular weight excluding hydrogens is 314 g/mol. The fourth-order valence-electron chi connectivity index (χ4n) is 1.88. The molecule has 1 heterocycles. The molecule has 2 N–H and O–H groups in total. The Kier molecular flexibility index (Phi) is 3.93. The number of carboxylic acid groups (broad SMARTS) is 1. The van der Waals surface area contributed by atoms with Gasteiger partial charge in [-0.15, -0.1) is 0 Å². The number of carbonyl (C=O) groups excluding carboxylic acids is 1. The lowest BCUT2D eigenvalue weighted by molar-refractivity contribution is -0.141. The molecule has 1 amide bonds. The van der Waals surface area contributed by atoms with Crippen molar-refractivity contribution in [3.63, 3.8) is 0 Å². The van der Waals surface area contributed by atoms with Crippen LogP contribution in [0.25, 0.3) is 0 Å². The third-order valence-corrected chi connectivity index (χ3v) is 4.04. The molecule has 1 atom stereocenters. The minimum atomic E-state index is -0.917. The van der Waals surface area contributed by atoms with Crippen LogP contribution in [0.5, 0.6) is 0 Å². The van der Waals surface area contributed by atoms with Crippen LogP contribution in [0, 0.1) is 5.92 Å². The predicted molar refractivity (Wildman–Crippen MR) is 72.0 cm³/mol. The van der Waals surface area contributed by atoms with Gasteiger partial charge >= 0.3 is 5.97 Å². The molecule has 6 nitrogen and oxygen atoms in total. The quantitative estimate of drug-likeness (QED) is 0.863. The van der Waals surface area contributed by atoms with Gasteiger partial charge in [0.25, 0.3) is 5.91 Å². The van der Waals surface area contributed by atoms with Gasteiger partial charge in [-0.3, -0.25) is 14.7 Å². The molecule has 0 aromatic carbocycles. The monoisotopic (exact) mass is 329 g/mol. The van der Waals surface area contributed by atoms with E-state index in [1.807, 2.05) is 0 Å². The van der Waals surface area contributed by atoms with Crippen molar-refractivity contribution in [3.8, 4) is 0 Å². The molecule has 0 radical (unpaired) electrons. The minimum Gasteiger partial charge on any atom is -0.481 e. The van der Waals surface area contributed by atoms with Crippen molar-refractivity contribution in [2.24, 2.45) is 5.92 Å². The normalized spacial score (nSPS) is 16.2. The van der Waals surface area contributed by atoms with Crippen LogP contribution in [0.3, 0.4) is 0 Å². The molecule has 1 unspecified atom stereocenters. The van der Waals surface area contributed by atoms with E-state index in [0.29, 0.717) is 16.1 Å². The van der Waals surface area contributed by atoms with Gasteiger partial charge in [0.1, 0.15) is 0 Å². The summed E-state index contributed by atoms with van der Waals surface area (Å²) < 4.78 is 0.704. The molecule has 1 fully saturated rings. The van der Waals surface area contributed by atoms with E-state index in [0.717, 1.165) is 18.5 Å². The number of hydrogen-bond donors (Lipinski definition) is 2. The lowest BCUT2D eigenvalue weighted by atomic mass is 10.1. The van der Waals surface area contributed by atoms with Gasteiger partial charge < -0.3 is 10.0 Å². The van der Waals surface area contributed by atoms with Crippen LogP contribution in [0.2, 0.25) is 0 Å². The number of H-pyrrole nitrogens is 1. The SMILES string of the molecule is CC(CN(C)C(=O)c1n[nH]c(C2CC2)c1Br)C(=O)O. The maximum atomic E-state index is 12.2. The third kappa shape index (κ3) is 2.97. The number of hydrogen-bond acceptors (Lipinski definition) is 3. The van der Waals surface area contributed by atoms with Crippen LogP contribution in [0.1, 0.15) is 41.9 Å². The lowest BCUT2D eigenvalue weighted by Gasteiger charge is -2.18. The highest BCUT2D eigenvalue weighted by Crippen LogP contribution is 2.43. The maximum absolute atomic E-state index is 12.2. The highest BCUT2D eigenvalue weighted by molar-refractivity contribution is 9.10. The molecule has 7 heteroatoms. The van der Waals surface area contributed by atoms with Crippen molar-refractivity contribution < 1.29 is 14.7 Å². The van der Waals surface area contributed by atoms with E-state index in [1.54, 1.807) is 14.0 Å². The first kappa shape index (κ1) is 14.0. The maximum Gasteiger partial charge on any atom is 0.308 e. The molecule has 104 valence electrons. The number of aromatic nitrogens is 2. The third-order valence-electron chi connectivity index (χ3n) is 3.24. The average molecular weight is 330 g/mol. The Hall–Kier alpha value is -1.37. The molecule has 0 bridgehead atoms. The Morgan fingerprint density at radius 1 is 1.58 bits per heavy atom. The Bertz CT molecular complexity index is 510. The van der Waals surface area contributed by atoms with Crippen molar-refractivity contribution >= 4 is 27.8 Å². The van der Waals surface area contributed by atoms with E-state index in [9.17, 15) is 9.59 Å². The molecule has 19 heavy (non-hydrogen) atoms. The molecule has 2 rings (SSSR count). The van der Waals surface area contributed by atoms with Gasteiger partial charge in [0, 0.05) is 19.5 Å². The Morgan fingerprint density at radius 3 is 2.74 bits per heavy atom. The second-order valence-corrected chi connectivity index (χ2v) is 5.79. The molecule has 0 spiro atoms. The molecule has 1 aromatic heterocycles. The Labute approximate surface area is 119 Å². The molecule has 1 aliphatic carbocycles. The minimum absolute atomic E-state index is 0.159. The summed E-state index contributed by atoms with van der Waals surface area (Å²) in [5.74, 6) is -1.33. The number of carbonyl (C=O) groups is 2. The number of carboxylic acids is 1. The number of aromatic amines is 1. The largest absolute Gasteiger partial charge is 0.481 e. The highest BCUT2D eigenvalue weighted by atomic mass is 79.9. The standard InChI is InChI=1S/C12H16BrN3O3/c1-6(12(18)19)5-16(2)11(17)10-8(13)9(14-15-10)7-3-4-7/h6-7H,3-5H2,1-2H3,(H,14,15)(H,18,19). The van der Waals surface area contributed by atoms with E-state index in [4.69, 9.17) is 5.11 Å². The zero-order valence-electron chi connectivity index (χ0n) is 10.8. The van der Waals surface area contributed by atoms with Crippen LogP contribution >= 0.6 is 15.9 Å². The molecular formula is C12H16BrN3O3. The van der Waals surface area contributed by atoms with Crippen molar-refractivity contribution in [3.05, 3.63) is 15.9 Å². The van der Waals surface area contributed by atoms with Gasteiger partial charge in [-0.2, -0.15) is 5.10 Å². The number of rotatable bonds is 5. The van der Waals surface area contributed by atoms with Crippen LogP contribution in [0.15, 0.2) is 4.47 Å². The number of amides is 1. The van der Waals surface area contributed by atoms with Crippen molar-refractivity contribution in [1.82, 2.24) is 15.1 Å². The van der Waals surface area contributed by atoms with E-state index in [2.05, 4.69) is 26.1 Å². The van der Waals surface area contributed by atoms with Crippen LogP contribution in [0.4, 0.5) is 0 Å². The summed E-state index contributed by atoms with van der Waals surface area (Å²) in [6.45, 7) is 1.73. The summed E-state index contributed by atoms with van der Waals surface area (Å²) in [7, 11) is 1.58. The smallest absolute Gasteiger partial charge is 0.308 e. The van der Waals surface area contributed by atoms with Crippen LogP contribution in [-0.4, -0.2) is 45.7 Å². The second-order valence-electron chi connectivity index (χ2n) is 5.00. The second kappa shape index (κ2) is 5.32. The van der Waals surface area contributed by atoms with Crippen molar-refractivity contribution in [2.75, 3.05) is 13.6 Å². The lowest BCUT2D eigenvalue weighted by Crippen LogP contribution is -2.34. The van der Waals surface area contributed by atoms with Gasteiger partial charge in [-0.25, -0.2) is 0 Å². The Balaban J connectivity index is 2.08. The van der Waals surface area contributed by atoms with Gasteiger partial charge in [0.05, 0.1) is 16.1 Å². The topological polar surface area (TPSA) is 86.3 Å². The number of nitrogens with one attached hydrogen (secondary N) is 1. The zero-order valence-corrected chi connectivity index (χ0v) is 12.4. The predicted octanol–water partition coefficient (Wildman–Crippen LogP) is 1.84. The summed E-state index contributed by atoms with van der Waals surface area (Å²) in [4.78, 5) is 24.4. The molecule has 1 aromatic rings. The fraction of sp³-hybridized carbons (Fsp3) is 0.583. The Morgan fingerprint density at radius 2 is 2.21 bits per heavy atom. The van der Waals surface area contributed by atoms with Gasteiger partial charge in [0.15, 0.2) is 5.69 Å². The van der Waals surface area contributed by atoms with E-state index in [1.165, 1.54) is 4.90 Å². The first-order valence-electron chi connectivity index (χ1n) is 6.13. The van der Waals surface area contributed by atoms with E-state index in [-0.39, 0.29) is 12.5 Å². The summed E-state index contributed by atoms with van der Waals surface area (Å²) in [5.41, 5.74) is 1.28. The molecule has 1 aliphatic rings. The van der Waals surface area contributed by atoms with Crippen LogP contribution < -0.4 is 0 Å². The first-order chi connectivity index (χ1) is 8.91. The summed E-state index contributed by atoms with van der Waals surface area (Å²) >= 11 is 3.40. The fourth-order valence-corrected chi connectivity index (χ4v) is 2.55. The number of nitrogens with zero attached hydrogens (tertiary/aromatic N) is 2. The summed E-state index contributed by atoms with van der Waals surface area (Å²) in [6.07, 6.45) is 2.22. The van der Waals surface area contributed by atoms with Gasteiger partial charge in [-0.1, -0.05) is 6.92 Å². The zero-order chi connectivity index (χ0) is 14.2. The van der Waals surface area contributed by atoms with Crippen molar-refractivity contribution in [1.29, 1.82) is 0 Å². The molecule has 0 saturated heterocycles. The highest BCUT2D eigenvalue weighted by Gasteiger charge is 2.31.